The molecular formula is C25H17N3OS. The fourth-order valence-corrected chi connectivity index (χ4v) is 5.53. The van der Waals surface area contributed by atoms with Crippen LogP contribution in [0.1, 0.15) is 27.4 Å². The number of hydrogen-bond acceptors (Lipinski definition) is 5. The standard InChI is InChI=1S/C25H17N3OS/c26-15-25(16-27)21-11-10-17-6-4-5-9-20(17)28(21)23(22(25)19-12-13-30-14-19)24(29)18-7-2-1-3-8-18/h1-14,21-23H. The first-order valence-electron chi connectivity index (χ1n) is 9.70. The van der Waals surface area contributed by atoms with Gasteiger partial charge in [0, 0.05) is 17.2 Å². The number of carbonyl (C=O) groups is 1. The fourth-order valence-electron chi connectivity index (χ4n) is 4.83. The number of ketones is 1. The number of hydrogen-bond donors (Lipinski definition) is 0. The van der Waals surface area contributed by atoms with Crippen LogP contribution >= 0.6 is 11.3 Å². The average Bonchev–Trinajstić information content (AvgIpc) is 3.43. The summed E-state index contributed by atoms with van der Waals surface area (Å²) in [5, 5.41) is 24.5. The van der Waals surface area contributed by atoms with Crippen molar-refractivity contribution in [1.29, 1.82) is 10.5 Å². The molecule has 0 amide bonds. The zero-order valence-electron chi connectivity index (χ0n) is 16.0. The van der Waals surface area contributed by atoms with Gasteiger partial charge in [0.25, 0.3) is 0 Å². The molecule has 2 aliphatic heterocycles. The Hall–Kier alpha value is -3.67. The first kappa shape index (κ1) is 18.4. The maximum absolute atomic E-state index is 13.9. The molecule has 30 heavy (non-hydrogen) atoms. The molecule has 0 saturated carbocycles. The lowest BCUT2D eigenvalue weighted by Gasteiger charge is -2.35. The molecule has 3 unspecified atom stereocenters. The topological polar surface area (TPSA) is 67.9 Å². The van der Waals surface area contributed by atoms with Crippen LogP contribution in [0.3, 0.4) is 0 Å². The van der Waals surface area contributed by atoms with Gasteiger partial charge in [-0.25, -0.2) is 0 Å². The smallest absolute Gasteiger partial charge is 0.185 e. The van der Waals surface area contributed by atoms with Crippen molar-refractivity contribution in [3.8, 4) is 12.1 Å². The van der Waals surface area contributed by atoms with E-state index in [0.29, 0.717) is 5.56 Å². The van der Waals surface area contributed by atoms with E-state index in [4.69, 9.17) is 0 Å². The lowest BCUT2D eigenvalue weighted by molar-refractivity contribution is 0.0951. The number of fused-ring (bicyclic) bond motifs is 3. The molecule has 2 aromatic carbocycles. The Labute approximate surface area is 178 Å². The van der Waals surface area contributed by atoms with Crippen molar-refractivity contribution in [2.45, 2.75) is 18.0 Å². The summed E-state index contributed by atoms with van der Waals surface area (Å²) in [7, 11) is 0. The van der Waals surface area contributed by atoms with Gasteiger partial charge in [-0.05, 0) is 34.0 Å². The minimum atomic E-state index is -1.37. The van der Waals surface area contributed by atoms with Crippen molar-refractivity contribution in [1.82, 2.24) is 0 Å². The Morgan fingerprint density at radius 1 is 1.00 bits per heavy atom. The number of carbonyl (C=O) groups excluding carboxylic acids is 1. The predicted octanol–water partition coefficient (Wildman–Crippen LogP) is 5.03. The monoisotopic (exact) mass is 407 g/mol. The first-order chi connectivity index (χ1) is 14.7. The number of anilines is 1. The minimum Gasteiger partial charge on any atom is -0.351 e. The number of nitrogens with zero attached hydrogens (tertiary/aromatic N) is 3. The highest BCUT2D eigenvalue weighted by atomic mass is 32.1. The summed E-state index contributed by atoms with van der Waals surface area (Å²) in [4.78, 5) is 15.9. The molecule has 2 aliphatic rings. The van der Waals surface area contributed by atoms with Crippen molar-refractivity contribution in [2.75, 3.05) is 4.90 Å². The normalized spacial score (nSPS) is 23.1. The van der Waals surface area contributed by atoms with E-state index < -0.39 is 23.4 Å². The molecule has 1 aromatic heterocycles. The number of benzene rings is 2. The SMILES string of the molecule is N#CC1(C#N)C(c2ccsc2)C(C(=O)c2ccccc2)N2c3ccccc3C=CC21. The molecule has 1 fully saturated rings. The molecule has 144 valence electrons. The number of para-hydroxylation sites is 1. The summed E-state index contributed by atoms with van der Waals surface area (Å²) in [6, 6.07) is 22.4. The van der Waals surface area contributed by atoms with Crippen LogP contribution in [0.4, 0.5) is 5.69 Å². The number of thiophene rings is 1. The molecule has 4 nitrogen and oxygen atoms in total. The van der Waals surface area contributed by atoms with Crippen molar-refractivity contribution >= 4 is 28.9 Å². The minimum absolute atomic E-state index is 0.0747. The van der Waals surface area contributed by atoms with Gasteiger partial charge in [0.15, 0.2) is 11.2 Å². The summed E-state index contributed by atoms with van der Waals surface area (Å²) in [5.41, 5.74) is 1.93. The quantitative estimate of drug-likeness (QED) is 0.571. The Balaban J connectivity index is 1.78. The van der Waals surface area contributed by atoms with E-state index >= 15 is 0 Å². The van der Waals surface area contributed by atoms with Gasteiger partial charge in [0.2, 0.25) is 0 Å². The van der Waals surface area contributed by atoms with Gasteiger partial charge >= 0.3 is 0 Å². The molecule has 0 bridgehead atoms. The number of rotatable bonds is 3. The van der Waals surface area contributed by atoms with Crippen molar-refractivity contribution in [2.24, 2.45) is 5.41 Å². The largest absolute Gasteiger partial charge is 0.351 e. The van der Waals surface area contributed by atoms with Crippen molar-refractivity contribution in [3.63, 3.8) is 0 Å². The van der Waals surface area contributed by atoms with Crippen LogP contribution in [0.2, 0.25) is 0 Å². The van der Waals surface area contributed by atoms with Crippen molar-refractivity contribution < 1.29 is 4.79 Å². The molecule has 3 aromatic rings. The molecular weight excluding hydrogens is 390 g/mol. The number of Topliss-reactive ketones (excluding diaryl/α,β-unsaturated/α-hetero) is 1. The van der Waals surface area contributed by atoms with Crippen LogP contribution in [0.25, 0.3) is 6.08 Å². The van der Waals surface area contributed by atoms with E-state index in [0.717, 1.165) is 16.8 Å². The van der Waals surface area contributed by atoms with Crippen LogP contribution in [-0.4, -0.2) is 17.9 Å². The van der Waals surface area contributed by atoms with E-state index in [1.54, 1.807) is 12.1 Å². The van der Waals surface area contributed by atoms with Crippen molar-refractivity contribution in [3.05, 3.63) is 94.2 Å². The molecule has 1 saturated heterocycles. The highest BCUT2D eigenvalue weighted by Gasteiger charge is 2.63. The zero-order chi connectivity index (χ0) is 20.7. The lowest BCUT2D eigenvalue weighted by atomic mass is 9.69. The predicted molar refractivity (Wildman–Crippen MR) is 117 cm³/mol. The Morgan fingerprint density at radius 3 is 2.43 bits per heavy atom. The van der Waals surface area contributed by atoms with Gasteiger partial charge in [-0.15, -0.1) is 0 Å². The van der Waals surface area contributed by atoms with E-state index in [1.807, 2.05) is 76.3 Å². The average molecular weight is 407 g/mol. The lowest BCUT2D eigenvalue weighted by Crippen LogP contribution is -2.44. The summed E-state index contributed by atoms with van der Waals surface area (Å²) < 4.78 is 0. The van der Waals surface area contributed by atoms with Crippen LogP contribution in [0, 0.1) is 28.1 Å². The molecule has 3 atom stereocenters. The van der Waals surface area contributed by atoms with E-state index in [1.165, 1.54) is 11.3 Å². The van der Waals surface area contributed by atoms with Crippen LogP contribution in [-0.2, 0) is 0 Å². The molecule has 3 heterocycles. The van der Waals surface area contributed by atoms with E-state index in [-0.39, 0.29) is 5.78 Å². The third-order valence-electron chi connectivity index (χ3n) is 6.14. The van der Waals surface area contributed by atoms with E-state index in [2.05, 4.69) is 12.1 Å². The Morgan fingerprint density at radius 2 is 1.73 bits per heavy atom. The highest BCUT2D eigenvalue weighted by Crippen LogP contribution is 2.55. The third kappa shape index (κ3) is 2.46. The second-order valence-corrected chi connectivity index (χ2v) is 8.35. The van der Waals surface area contributed by atoms with Crippen LogP contribution in [0.15, 0.2) is 77.5 Å². The summed E-state index contributed by atoms with van der Waals surface area (Å²) >= 11 is 1.51. The van der Waals surface area contributed by atoms with Gasteiger partial charge in [-0.2, -0.15) is 21.9 Å². The highest BCUT2D eigenvalue weighted by molar-refractivity contribution is 7.08. The van der Waals surface area contributed by atoms with Gasteiger partial charge in [-0.1, -0.05) is 60.7 Å². The van der Waals surface area contributed by atoms with Gasteiger partial charge in [0.05, 0.1) is 18.2 Å². The van der Waals surface area contributed by atoms with Crippen LogP contribution < -0.4 is 4.90 Å². The molecule has 0 radical (unpaired) electrons. The number of nitriles is 2. The molecule has 0 aliphatic carbocycles. The van der Waals surface area contributed by atoms with Gasteiger partial charge in [0.1, 0.15) is 6.04 Å². The second kappa shape index (κ2) is 6.99. The Bertz CT molecular complexity index is 1200. The Kier molecular flexibility index (Phi) is 4.28. The molecule has 5 rings (SSSR count). The van der Waals surface area contributed by atoms with Crippen LogP contribution in [0.5, 0.6) is 0 Å². The maximum Gasteiger partial charge on any atom is 0.185 e. The summed E-state index contributed by atoms with van der Waals surface area (Å²) in [5.74, 6) is -0.637. The second-order valence-electron chi connectivity index (χ2n) is 7.57. The summed E-state index contributed by atoms with van der Waals surface area (Å²) in [6.45, 7) is 0. The maximum atomic E-state index is 13.9. The first-order valence-corrected chi connectivity index (χ1v) is 10.6. The van der Waals surface area contributed by atoms with Gasteiger partial charge < -0.3 is 4.90 Å². The van der Waals surface area contributed by atoms with E-state index in [9.17, 15) is 15.3 Å². The molecule has 0 N–H and O–H groups in total. The molecule has 5 heteroatoms. The summed E-state index contributed by atoms with van der Waals surface area (Å²) in [6.07, 6.45) is 3.87. The van der Waals surface area contributed by atoms with Gasteiger partial charge in [-0.3, -0.25) is 4.79 Å². The molecule has 0 spiro atoms. The third-order valence-corrected chi connectivity index (χ3v) is 6.85. The fraction of sp³-hybridized carbons (Fsp3) is 0.160. The zero-order valence-corrected chi connectivity index (χ0v) is 16.8.